The second-order valence-corrected chi connectivity index (χ2v) is 9.11. The predicted octanol–water partition coefficient (Wildman–Crippen LogP) is 3.19. The fourth-order valence-corrected chi connectivity index (χ4v) is 4.09. The zero-order valence-corrected chi connectivity index (χ0v) is 15.9. The number of hydrogen-bond acceptors (Lipinski definition) is 5. The summed E-state index contributed by atoms with van der Waals surface area (Å²) >= 11 is 1.45. The Balaban J connectivity index is 2.16. The Labute approximate surface area is 147 Å². The number of carbonyl (C=O) groups excluding carboxylic acids is 1. The summed E-state index contributed by atoms with van der Waals surface area (Å²) in [5, 5.41) is 1.85. The van der Waals surface area contributed by atoms with Crippen molar-refractivity contribution in [1.82, 2.24) is 9.71 Å². The van der Waals surface area contributed by atoms with Gasteiger partial charge in [0.15, 0.2) is 0 Å². The van der Waals surface area contributed by atoms with Gasteiger partial charge in [-0.3, -0.25) is 4.79 Å². The molecule has 1 aromatic carbocycles. The molecule has 1 N–H and O–H groups in total. The quantitative estimate of drug-likeness (QED) is 0.882. The van der Waals surface area contributed by atoms with Crippen molar-refractivity contribution in [2.75, 3.05) is 0 Å². The van der Waals surface area contributed by atoms with Crippen LogP contribution in [0.3, 0.4) is 0 Å². The number of benzene rings is 1. The number of nitrogens with zero attached hydrogens (tertiary/aromatic N) is 1. The summed E-state index contributed by atoms with van der Waals surface area (Å²) < 4.78 is 27.3. The molecule has 0 aliphatic carbocycles. The van der Waals surface area contributed by atoms with Gasteiger partial charge < -0.3 is 0 Å². The first-order valence-electron chi connectivity index (χ1n) is 7.63. The minimum atomic E-state index is -3.88. The van der Waals surface area contributed by atoms with Crippen LogP contribution in [0, 0.1) is 6.92 Å². The molecule has 130 valence electrons. The Hall–Kier alpha value is -1.73. The number of carbonyl (C=O) groups is 1. The number of sulfonamides is 1. The highest BCUT2D eigenvalue weighted by Crippen LogP contribution is 2.26. The van der Waals surface area contributed by atoms with Gasteiger partial charge in [-0.2, -0.15) is 0 Å². The van der Waals surface area contributed by atoms with Crippen molar-refractivity contribution in [3.63, 3.8) is 0 Å². The smallest absolute Gasteiger partial charge is 0.264 e. The van der Waals surface area contributed by atoms with Crippen LogP contribution in [0.1, 0.15) is 44.0 Å². The average molecular weight is 367 g/mol. The van der Waals surface area contributed by atoms with Gasteiger partial charge in [0, 0.05) is 11.8 Å². The molecule has 0 aliphatic heterocycles. The van der Waals surface area contributed by atoms with E-state index in [1.54, 1.807) is 24.6 Å². The van der Waals surface area contributed by atoms with Crippen molar-refractivity contribution in [2.45, 2.75) is 50.8 Å². The Morgan fingerprint density at radius 1 is 1.29 bits per heavy atom. The number of aryl methyl sites for hydroxylation is 2. The number of amides is 1. The van der Waals surface area contributed by atoms with Crippen molar-refractivity contribution in [1.29, 1.82) is 0 Å². The highest BCUT2D eigenvalue weighted by molar-refractivity contribution is 7.90. The Morgan fingerprint density at radius 2 is 2.00 bits per heavy atom. The van der Waals surface area contributed by atoms with E-state index < -0.39 is 15.9 Å². The highest BCUT2D eigenvalue weighted by atomic mass is 32.2. The van der Waals surface area contributed by atoms with E-state index in [4.69, 9.17) is 0 Å². The second-order valence-electron chi connectivity index (χ2n) is 6.74. The Bertz CT molecular complexity index is 820. The Kier molecular flexibility index (Phi) is 5.45. The summed E-state index contributed by atoms with van der Waals surface area (Å²) in [5.41, 5.74) is 3.82. The SMILES string of the molecule is Cc1ccc(C(C)(C)C)cc1S(=O)(=O)NC(=O)CCc1cscn1. The van der Waals surface area contributed by atoms with Crippen molar-refractivity contribution in [2.24, 2.45) is 0 Å². The zero-order chi connectivity index (χ0) is 18.0. The van der Waals surface area contributed by atoms with E-state index in [1.807, 2.05) is 32.2 Å². The van der Waals surface area contributed by atoms with Crippen LogP contribution in [0.2, 0.25) is 0 Å². The number of nitrogens with one attached hydrogen (secondary N) is 1. The lowest BCUT2D eigenvalue weighted by Gasteiger charge is -2.20. The van der Waals surface area contributed by atoms with E-state index in [1.165, 1.54) is 11.3 Å². The number of thiazole rings is 1. The van der Waals surface area contributed by atoms with Crippen LogP contribution in [-0.4, -0.2) is 19.3 Å². The molecule has 0 atom stereocenters. The van der Waals surface area contributed by atoms with Gasteiger partial charge in [-0.15, -0.1) is 11.3 Å². The van der Waals surface area contributed by atoms with Crippen molar-refractivity contribution in [3.8, 4) is 0 Å². The summed E-state index contributed by atoms with van der Waals surface area (Å²) in [4.78, 5) is 16.2. The van der Waals surface area contributed by atoms with Crippen LogP contribution in [0.25, 0.3) is 0 Å². The molecule has 0 saturated heterocycles. The van der Waals surface area contributed by atoms with Crippen molar-refractivity contribution < 1.29 is 13.2 Å². The van der Waals surface area contributed by atoms with Gasteiger partial charge in [0.2, 0.25) is 5.91 Å². The van der Waals surface area contributed by atoms with Gasteiger partial charge in [-0.05, 0) is 36.0 Å². The fourth-order valence-electron chi connectivity index (χ4n) is 2.21. The standard InChI is InChI=1S/C17H22N2O3S2/c1-12-5-6-13(17(2,3)4)9-15(12)24(21,22)19-16(20)8-7-14-10-23-11-18-14/h5-6,9-11H,7-8H2,1-4H3,(H,19,20). The van der Waals surface area contributed by atoms with Crippen LogP contribution < -0.4 is 4.72 Å². The normalized spacial score (nSPS) is 12.2. The molecular weight excluding hydrogens is 344 g/mol. The predicted molar refractivity (Wildman–Crippen MR) is 95.6 cm³/mol. The van der Waals surface area contributed by atoms with E-state index >= 15 is 0 Å². The monoisotopic (exact) mass is 366 g/mol. The first-order chi connectivity index (χ1) is 11.1. The average Bonchev–Trinajstić information content (AvgIpc) is 2.97. The molecule has 1 aromatic heterocycles. The largest absolute Gasteiger partial charge is 0.274 e. The molecule has 24 heavy (non-hydrogen) atoms. The van der Waals surface area contributed by atoms with Crippen LogP contribution >= 0.6 is 11.3 Å². The lowest BCUT2D eigenvalue weighted by molar-refractivity contribution is -0.119. The number of aromatic nitrogens is 1. The minimum Gasteiger partial charge on any atom is -0.274 e. The lowest BCUT2D eigenvalue weighted by Crippen LogP contribution is -2.31. The molecule has 0 bridgehead atoms. The van der Waals surface area contributed by atoms with Crippen LogP contribution in [0.15, 0.2) is 34.0 Å². The molecule has 0 radical (unpaired) electrons. The topological polar surface area (TPSA) is 76.1 Å². The van der Waals surface area contributed by atoms with Crippen LogP contribution in [0.4, 0.5) is 0 Å². The first-order valence-corrected chi connectivity index (χ1v) is 10.1. The maximum Gasteiger partial charge on any atom is 0.264 e. The summed E-state index contributed by atoms with van der Waals surface area (Å²) in [6, 6.07) is 5.33. The fraction of sp³-hybridized carbons (Fsp3) is 0.412. The molecule has 7 heteroatoms. The van der Waals surface area contributed by atoms with E-state index in [2.05, 4.69) is 9.71 Å². The molecule has 0 fully saturated rings. The molecule has 2 aromatic rings. The molecule has 0 unspecified atom stereocenters. The van der Waals surface area contributed by atoms with Gasteiger partial charge in [0.1, 0.15) is 0 Å². The second kappa shape index (κ2) is 7.03. The van der Waals surface area contributed by atoms with Gasteiger partial charge in [-0.1, -0.05) is 32.9 Å². The third kappa shape index (κ3) is 4.64. The third-order valence-corrected chi connectivity index (χ3v) is 5.83. The van der Waals surface area contributed by atoms with Gasteiger partial charge in [-0.25, -0.2) is 18.1 Å². The first kappa shape index (κ1) is 18.6. The van der Waals surface area contributed by atoms with E-state index in [0.717, 1.165) is 11.3 Å². The molecule has 0 aliphatic rings. The van der Waals surface area contributed by atoms with Crippen molar-refractivity contribution in [3.05, 3.63) is 45.9 Å². The van der Waals surface area contributed by atoms with Crippen LogP contribution in [0.5, 0.6) is 0 Å². The highest BCUT2D eigenvalue weighted by Gasteiger charge is 2.23. The maximum absolute atomic E-state index is 12.6. The van der Waals surface area contributed by atoms with Crippen molar-refractivity contribution >= 4 is 27.3 Å². The summed E-state index contributed by atoms with van der Waals surface area (Å²) in [6.45, 7) is 7.77. The molecule has 1 heterocycles. The van der Waals surface area contributed by atoms with Gasteiger partial charge in [0.25, 0.3) is 10.0 Å². The molecular formula is C17H22N2O3S2. The summed E-state index contributed by atoms with van der Waals surface area (Å²) in [6.07, 6.45) is 0.507. The third-order valence-electron chi connectivity index (χ3n) is 3.68. The van der Waals surface area contributed by atoms with Gasteiger partial charge >= 0.3 is 0 Å². The molecule has 2 rings (SSSR count). The maximum atomic E-state index is 12.6. The molecule has 0 saturated carbocycles. The molecule has 1 amide bonds. The summed E-state index contributed by atoms with van der Waals surface area (Å²) in [5.74, 6) is -0.524. The number of hydrogen-bond donors (Lipinski definition) is 1. The lowest BCUT2D eigenvalue weighted by atomic mass is 9.87. The number of rotatable bonds is 5. The minimum absolute atomic E-state index is 0.0843. The Morgan fingerprint density at radius 3 is 2.58 bits per heavy atom. The summed E-state index contributed by atoms with van der Waals surface area (Å²) in [7, 11) is -3.88. The molecule has 5 nitrogen and oxygen atoms in total. The van der Waals surface area contributed by atoms with Crippen LogP contribution in [-0.2, 0) is 26.7 Å². The van der Waals surface area contributed by atoms with Gasteiger partial charge in [0.05, 0.1) is 16.1 Å². The van der Waals surface area contributed by atoms with E-state index in [-0.39, 0.29) is 16.7 Å². The zero-order valence-electron chi connectivity index (χ0n) is 14.3. The van der Waals surface area contributed by atoms with E-state index in [9.17, 15) is 13.2 Å². The van der Waals surface area contributed by atoms with E-state index in [0.29, 0.717) is 12.0 Å². The molecule has 0 spiro atoms.